The Morgan fingerprint density at radius 2 is 1.96 bits per heavy atom. The van der Waals surface area contributed by atoms with Gasteiger partial charge in [0.15, 0.2) is 17.4 Å². The van der Waals surface area contributed by atoms with Crippen LogP contribution in [0, 0.1) is 12.7 Å². The number of aryl methyl sites for hydroxylation is 1. The summed E-state index contributed by atoms with van der Waals surface area (Å²) in [6, 6.07) is 3.14. The van der Waals surface area contributed by atoms with Crippen molar-refractivity contribution >= 4 is 11.6 Å². The molecule has 3 aromatic rings. The maximum absolute atomic E-state index is 13.5. The van der Waals surface area contributed by atoms with Crippen LogP contribution in [0.1, 0.15) is 33.5 Å². The van der Waals surface area contributed by atoms with Crippen LogP contribution in [0.2, 0.25) is 0 Å². The third kappa shape index (κ3) is 3.96. The first-order valence-corrected chi connectivity index (χ1v) is 8.16. The lowest BCUT2D eigenvalue weighted by Gasteiger charge is -2.21. The van der Waals surface area contributed by atoms with Crippen molar-refractivity contribution < 1.29 is 27.1 Å². The molecule has 2 aromatic heterocycles. The molecule has 0 bridgehead atoms. The van der Waals surface area contributed by atoms with E-state index in [2.05, 4.69) is 9.97 Å². The lowest BCUT2D eigenvalue weighted by atomic mass is 10.1. The number of rotatable bonds is 5. The van der Waals surface area contributed by atoms with Crippen LogP contribution >= 0.6 is 0 Å². The maximum atomic E-state index is 13.5. The molecule has 3 rings (SSSR count). The van der Waals surface area contributed by atoms with Gasteiger partial charge in [-0.1, -0.05) is 12.1 Å². The highest BCUT2D eigenvalue weighted by atomic mass is 19.4. The molecule has 28 heavy (non-hydrogen) atoms. The predicted octanol–water partition coefficient (Wildman–Crippen LogP) is 3.36. The first kappa shape index (κ1) is 19.7. The number of hydrogen-bond acceptors (Lipinski definition) is 4. The van der Waals surface area contributed by atoms with Crippen molar-refractivity contribution in [2.24, 2.45) is 0 Å². The number of halogens is 4. The molecule has 1 N–H and O–H groups in total. The number of carbonyl (C=O) groups is 1. The molecule has 2 heterocycles. The molecule has 148 valence electrons. The minimum absolute atomic E-state index is 0.115. The van der Waals surface area contributed by atoms with Crippen molar-refractivity contribution in [3.05, 3.63) is 65.1 Å². The summed E-state index contributed by atoms with van der Waals surface area (Å²) in [7, 11) is 1.49. The van der Waals surface area contributed by atoms with Crippen molar-refractivity contribution in [2.45, 2.75) is 25.7 Å². The lowest BCUT2D eigenvalue weighted by molar-refractivity contribution is -0.155. The second kappa shape index (κ2) is 7.55. The average molecular weight is 396 g/mol. The molecule has 1 amide bonds. The van der Waals surface area contributed by atoms with Crippen LogP contribution < -0.4 is 5.32 Å². The summed E-state index contributed by atoms with van der Waals surface area (Å²) in [5.41, 5.74) is 0.763. The Bertz CT molecular complexity index is 999. The zero-order chi connectivity index (χ0) is 20.5. The Balaban J connectivity index is 1.97. The van der Waals surface area contributed by atoms with Gasteiger partial charge in [0.1, 0.15) is 12.1 Å². The van der Waals surface area contributed by atoms with Crippen LogP contribution in [-0.4, -0.2) is 33.6 Å². The fourth-order valence-corrected chi connectivity index (χ4v) is 2.80. The number of alkyl halides is 3. The molecule has 0 aliphatic carbocycles. The van der Waals surface area contributed by atoms with Gasteiger partial charge in [-0.15, -0.1) is 0 Å². The quantitative estimate of drug-likeness (QED) is 0.672. The molecule has 0 saturated carbocycles. The van der Waals surface area contributed by atoms with E-state index < -0.39 is 23.9 Å². The monoisotopic (exact) mass is 396 g/mol. The number of aromatic nitrogens is 3. The predicted molar refractivity (Wildman–Crippen MR) is 91.1 cm³/mol. The standard InChI is InChI=1S/C18H16F4N4O2/c1-10-7-13(8-28-2)26-9-23-14(16(26)24-10)17(27)25-15(18(20,21)22)11-3-5-12(19)6-4-11/h3-7,9,15H,8H2,1-2H3,(H,25,27). The molecule has 1 atom stereocenters. The first-order valence-electron chi connectivity index (χ1n) is 8.16. The number of ether oxygens (including phenoxy) is 1. The summed E-state index contributed by atoms with van der Waals surface area (Å²) in [6.45, 7) is 1.89. The molecule has 0 fully saturated rings. The molecule has 1 unspecified atom stereocenters. The van der Waals surface area contributed by atoms with Gasteiger partial charge in [-0.2, -0.15) is 13.2 Å². The van der Waals surface area contributed by atoms with Gasteiger partial charge in [-0.05, 0) is 30.7 Å². The Labute approximate surface area is 157 Å². The van der Waals surface area contributed by atoms with E-state index in [0.29, 0.717) is 11.4 Å². The lowest BCUT2D eigenvalue weighted by Crippen LogP contribution is -2.38. The van der Waals surface area contributed by atoms with E-state index >= 15 is 0 Å². The Hall–Kier alpha value is -3.01. The molecule has 0 aliphatic heterocycles. The molecule has 0 saturated heterocycles. The van der Waals surface area contributed by atoms with Gasteiger partial charge in [-0.3, -0.25) is 9.20 Å². The van der Waals surface area contributed by atoms with E-state index in [1.54, 1.807) is 13.0 Å². The highest BCUT2D eigenvalue weighted by Gasteiger charge is 2.42. The average Bonchev–Trinajstić information content (AvgIpc) is 3.03. The number of benzene rings is 1. The van der Waals surface area contributed by atoms with Crippen LogP contribution in [0.5, 0.6) is 0 Å². The van der Waals surface area contributed by atoms with E-state index in [1.165, 1.54) is 17.8 Å². The zero-order valence-electron chi connectivity index (χ0n) is 14.9. The SMILES string of the molecule is COCc1cc(C)nc2c(C(=O)NC(c3ccc(F)cc3)C(F)(F)F)ncn12. The van der Waals surface area contributed by atoms with Gasteiger partial charge < -0.3 is 10.1 Å². The van der Waals surface area contributed by atoms with Crippen molar-refractivity contribution in [3.8, 4) is 0 Å². The fraction of sp³-hybridized carbons (Fsp3) is 0.278. The molecule has 0 spiro atoms. The number of imidazole rings is 1. The zero-order valence-corrected chi connectivity index (χ0v) is 14.9. The number of methoxy groups -OCH3 is 1. The van der Waals surface area contributed by atoms with Crippen molar-refractivity contribution in [1.82, 2.24) is 19.7 Å². The Morgan fingerprint density at radius 3 is 2.57 bits per heavy atom. The number of amides is 1. The van der Waals surface area contributed by atoms with Gasteiger partial charge in [0, 0.05) is 12.8 Å². The van der Waals surface area contributed by atoms with Gasteiger partial charge in [-0.25, -0.2) is 14.4 Å². The second-order valence-corrected chi connectivity index (χ2v) is 6.11. The summed E-state index contributed by atoms with van der Waals surface area (Å²) in [6.07, 6.45) is -3.49. The van der Waals surface area contributed by atoms with Crippen LogP contribution in [0.4, 0.5) is 17.6 Å². The second-order valence-electron chi connectivity index (χ2n) is 6.11. The summed E-state index contributed by atoms with van der Waals surface area (Å²) >= 11 is 0. The molecule has 10 heteroatoms. The third-order valence-electron chi connectivity index (χ3n) is 4.02. The van der Waals surface area contributed by atoms with Gasteiger partial charge in [0.05, 0.1) is 12.3 Å². The van der Waals surface area contributed by atoms with E-state index in [9.17, 15) is 22.4 Å². The van der Waals surface area contributed by atoms with Crippen molar-refractivity contribution in [3.63, 3.8) is 0 Å². The van der Waals surface area contributed by atoms with Gasteiger partial charge >= 0.3 is 6.18 Å². The molecule has 0 radical (unpaired) electrons. The largest absolute Gasteiger partial charge is 0.412 e. The minimum Gasteiger partial charge on any atom is -0.378 e. The van der Waals surface area contributed by atoms with E-state index in [4.69, 9.17) is 4.74 Å². The van der Waals surface area contributed by atoms with Crippen molar-refractivity contribution in [1.29, 1.82) is 0 Å². The summed E-state index contributed by atoms with van der Waals surface area (Å²) in [5, 5.41) is 1.92. The number of carbonyl (C=O) groups excluding carboxylic acids is 1. The summed E-state index contributed by atoms with van der Waals surface area (Å²) in [5.74, 6) is -1.72. The minimum atomic E-state index is -4.78. The van der Waals surface area contributed by atoms with E-state index in [-0.39, 0.29) is 23.5 Å². The van der Waals surface area contributed by atoms with Crippen LogP contribution in [-0.2, 0) is 11.3 Å². The number of hydrogen-bond donors (Lipinski definition) is 1. The van der Waals surface area contributed by atoms with Gasteiger partial charge in [0.25, 0.3) is 5.91 Å². The summed E-state index contributed by atoms with van der Waals surface area (Å²) in [4.78, 5) is 20.7. The van der Waals surface area contributed by atoms with E-state index in [1.807, 2.05) is 5.32 Å². The Kier molecular flexibility index (Phi) is 5.32. The van der Waals surface area contributed by atoms with Crippen LogP contribution in [0.3, 0.4) is 0 Å². The third-order valence-corrected chi connectivity index (χ3v) is 4.02. The highest BCUT2D eigenvalue weighted by molar-refractivity contribution is 5.98. The smallest absolute Gasteiger partial charge is 0.378 e. The molecular weight excluding hydrogens is 380 g/mol. The summed E-state index contributed by atoms with van der Waals surface area (Å²) < 4.78 is 60.1. The van der Waals surface area contributed by atoms with Gasteiger partial charge in [0.2, 0.25) is 0 Å². The molecule has 6 nitrogen and oxygen atoms in total. The normalized spacial score (nSPS) is 12.9. The first-order chi connectivity index (χ1) is 13.2. The molecule has 1 aromatic carbocycles. The van der Waals surface area contributed by atoms with Crippen LogP contribution in [0.15, 0.2) is 36.7 Å². The fourth-order valence-electron chi connectivity index (χ4n) is 2.80. The number of fused-ring (bicyclic) bond motifs is 1. The Morgan fingerprint density at radius 1 is 1.29 bits per heavy atom. The van der Waals surface area contributed by atoms with Crippen LogP contribution in [0.25, 0.3) is 5.65 Å². The molecular formula is C18H16F4N4O2. The topological polar surface area (TPSA) is 68.5 Å². The van der Waals surface area contributed by atoms with E-state index in [0.717, 1.165) is 24.3 Å². The highest BCUT2D eigenvalue weighted by Crippen LogP contribution is 2.33. The number of nitrogens with zero attached hydrogens (tertiary/aromatic N) is 3. The maximum Gasteiger partial charge on any atom is 0.412 e. The van der Waals surface area contributed by atoms with Crippen molar-refractivity contribution in [2.75, 3.05) is 7.11 Å². The number of nitrogens with one attached hydrogen (secondary N) is 1. The molecule has 0 aliphatic rings.